The summed E-state index contributed by atoms with van der Waals surface area (Å²) >= 11 is 7.54. The Morgan fingerprint density at radius 2 is 2.27 bits per heavy atom. The van der Waals surface area contributed by atoms with Crippen molar-refractivity contribution >= 4 is 29.3 Å². The minimum absolute atomic E-state index is 0.0471. The van der Waals surface area contributed by atoms with Crippen molar-refractivity contribution in [2.45, 2.75) is 42.8 Å². The van der Waals surface area contributed by atoms with Crippen LogP contribution in [-0.4, -0.2) is 32.5 Å². The molecular weight excluding hydrogens is 372 g/mol. The van der Waals surface area contributed by atoms with Gasteiger partial charge >= 0.3 is 0 Å². The average molecular weight is 393 g/mol. The van der Waals surface area contributed by atoms with Gasteiger partial charge in [0.15, 0.2) is 11.0 Å². The Morgan fingerprint density at radius 3 is 2.96 bits per heavy atom. The molecule has 1 saturated carbocycles. The average Bonchev–Trinajstić information content (AvgIpc) is 3.40. The van der Waals surface area contributed by atoms with Crippen molar-refractivity contribution < 1.29 is 9.53 Å². The highest BCUT2D eigenvalue weighted by Crippen LogP contribution is 2.39. The van der Waals surface area contributed by atoms with Gasteiger partial charge < -0.3 is 10.1 Å². The summed E-state index contributed by atoms with van der Waals surface area (Å²) in [6, 6.07) is 7.71. The van der Waals surface area contributed by atoms with Crippen molar-refractivity contribution in [2.75, 3.05) is 6.54 Å². The smallest absolute Gasteiger partial charge is 0.233 e. The second-order valence-corrected chi connectivity index (χ2v) is 7.73. The Morgan fingerprint density at radius 1 is 1.50 bits per heavy atom. The van der Waals surface area contributed by atoms with Crippen LogP contribution in [0.4, 0.5) is 0 Å². The molecule has 1 N–H and O–H groups in total. The molecule has 1 fully saturated rings. The van der Waals surface area contributed by atoms with E-state index in [9.17, 15) is 4.79 Å². The number of benzene rings is 1. The standard InChI is InChI=1S/C18H21ClN4O2S/c1-3-10-20-17(24)12(2)26-18-22-21-16(23(18)13-8-9-13)11-25-15-7-5-4-6-14(15)19/h3-7,12-13H,1,8-11H2,2H3,(H,20,24)/t12-/m0/s1. The third-order valence-corrected chi connectivity index (χ3v) is 5.28. The molecule has 0 aliphatic heterocycles. The van der Waals surface area contributed by atoms with E-state index in [-0.39, 0.29) is 17.8 Å². The number of nitrogens with one attached hydrogen (secondary N) is 1. The SMILES string of the molecule is C=CCNC(=O)[C@H](C)Sc1nnc(COc2ccccc2Cl)n1C1CC1. The maximum Gasteiger partial charge on any atom is 0.233 e. The number of hydrogen-bond acceptors (Lipinski definition) is 5. The first-order valence-corrected chi connectivity index (χ1v) is 9.72. The van der Waals surface area contributed by atoms with E-state index in [1.165, 1.54) is 11.8 Å². The predicted molar refractivity (Wildman–Crippen MR) is 103 cm³/mol. The van der Waals surface area contributed by atoms with E-state index in [2.05, 4.69) is 26.7 Å². The zero-order chi connectivity index (χ0) is 18.5. The van der Waals surface area contributed by atoms with Crippen LogP contribution in [0.2, 0.25) is 5.02 Å². The summed E-state index contributed by atoms with van der Waals surface area (Å²) in [5.41, 5.74) is 0. The second-order valence-electron chi connectivity index (χ2n) is 6.01. The van der Waals surface area contributed by atoms with E-state index < -0.39 is 0 Å². The van der Waals surface area contributed by atoms with Crippen LogP contribution in [0, 0.1) is 0 Å². The number of aromatic nitrogens is 3. The molecule has 1 amide bonds. The molecule has 0 saturated heterocycles. The van der Waals surface area contributed by atoms with Gasteiger partial charge in [-0.3, -0.25) is 9.36 Å². The van der Waals surface area contributed by atoms with Gasteiger partial charge in [-0.05, 0) is 31.9 Å². The summed E-state index contributed by atoms with van der Waals surface area (Å²) in [4.78, 5) is 12.1. The highest BCUT2D eigenvalue weighted by Gasteiger charge is 2.31. The fraction of sp³-hybridized carbons (Fsp3) is 0.389. The molecule has 3 rings (SSSR count). The minimum atomic E-state index is -0.269. The Labute approximate surface area is 162 Å². The molecule has 1 atom stereocenters. The fourth-order valence-corrected chi connectivity index (χ4v) is 3.57. The molecule has 2 aromatic rings. The molecule has 26 heavy (non-hydrogen) atoms. The summed E-state index contributed by atoms with van der Waals surface area (Å²) in [5.74, 6) is 1.31. The molecular formula is C18H21ClN4O2S. The predicted octanol–water partition coefficient (Wildman–Crippen LogP) is 3.63. The summed E-state index contributed by atoms with van der Waals surface area (Å²) in [6.07, 6.45) is 3.83. The Bertz CT molecular complexity index is 791. The summed E-state index contributed by atoms with van der Waals surface area (Å²) in [6.45, 7) is 6.20. The molecule has 6 nitrogen and oxygen atoms in total. The van der Waals surface area contributed by atoms with Gasteiger partial charge in [0.05, 0.1) is 10.3 Å². The second kappa shape index (κ2) is 8.60. The number of carbonyl (C=O) groups excluding carboxylic acids is 1. The normalized spacial score (nSPS) is 14.7. The van der Waals surface area contributed by atoms with E-state index >= 15 is 0 Å². The largest absolute Gasteiger partial charge is 0.484 e. The van der Waals surface area contributed by atoms with Crippen LogP contribution in [0.1, 0.15) is 31.6 Å². The summed E-state index contributed by atoms with van der Waals surface area (Å²) in [5, 5.41) is 12.4. The zero-order valence-electron chi connectivity index (χ0n) is 14.5. The molecule has 0 spiro atoms. The van der Waals surface area contributed by atoms with Crippen molar-refractivity contribution in [3.8, 4) is 5.75 Å². The third-order valence-electron chi connectivity index (χ3n) is 3.91. The molecule has 1 aromatic heterocycles. The van der Waals surface area contributed by atoms with Gasteiger partial charge in [0, 0.05) is 12.6 Å². The summed E-state index contributed by atoms with van der Waals surface area (Å²) in [7, 11) is 0. The highest BCUT2D eigenvalue weighted by atomic mass is 35.5. The maximum absolute atomic E-state index is 12.1. The number of thioether (sulfide) groups is 1. The molecule has 1 aromatic carbocycles. The molecule has 1 heterocycles. The van der Waals surface area contributed by atoms with Crippen molar-refractivity contribution in [3.05, 3.63) is 47.8 Å². The van der Waals surface area contributed by atoms with E-state index in [0.29, 0.717) is 23.4 Å². The van der Waals surface area contributed by atoms with Crippen LogP contribution in [0.5, 0.6) is 5.75 Å². The molecule has 0 radical (unpaired) electrons. The molecule has 0 unspecified atom stereocenters. The number of rotatable bonds is 9. The Balaban J connectivity index is 1.69. The lowest BCUT2D eigenvalue weighted by atomic mass is 10.3. The van der Waals surface area contributed by atoms with Crippen LogP contribution in [0.25, 0.3) is 0 Å². The van der Waals surface area contributed by atoms with Gasteiger partial charge in [0.25, 0.3) is 0 Å². The molecule has 1 aliphatic carbocycles. The van der Waals surface area contributed by atoms with Gasteiger partial charge in [-0.1, -0.05) is 41.6 Å². The van der Waals surface area contributed by atoms with Crippen LogP contribution in [0.15, 0.2) is 42.1 Å². The lowest BCUT2D eigenvalue weighted by molar-refractivity contribution is -0.120. The number of ether oxygens (including phenoxy) is 1. The lowest BCUT2D eigenvalue weighted by Crippen LogP contribution is -2.31. The van der Waals surface area contributed by atoms with Crippen LogP contribution in [-0.2, 0) is 11.4 Å². The topological polar surface area (TPSA) is 69.0 Å². The van der Waals surface area contributed by atoms with E-state index in [0.717, 1.165) is 23.8 Å². The van der Waals surface area contributed by atoms with Gasteiger partial charge in [0.1, 0.15) is 12.4 Å². The van der Waals surface area contributed by atoms with E-state index in [1.54, 1.807) is 12.1 Å². The minimum Gasteiger partial charge on any atom is -0.484 e. The Hall–Kier alpha value is -1.99. The van der Waals surface area contributed by atoms with Gasteiger partial charge in [-0.25, -0.2) is 0 Å². The first kappa shape index (κ1) is 18.8. The first-order valence-electron chi connectivity index (χ1n) is 8.46. The quantitative estimate of drug-likeness (QED) is 0.521. The number of amides is 1. The van der Waals surface area contributed by atoms with Crippen LogP contribution >= 0.6 is 23.4 Å². The van der Waals surface area contributed by atoms with Crippen LogP contribution < -0.4 is 10.1 Å². The molecule has 8 heteroatoms. The fourth-order valence-electron chi connectivity index (χ4n) is 2.42. The van der Waals surface area contributed by atoms with Crippen LogP contribution in [0.3, 0.4) is 0 Å². The third kappa shape index (κ3) is 4.59. The number of para-hydroxylation sites is 1. The van der Waals surface area contributed by atoms with Gasteiger partial charge in [0.2, 0.25) is 5.91 Å². The van der Waals surface area contributed by atoms with E-state index in [4.69, 9.17) is 16.3 Å². The van der Waals surface area contributed by atoms with Gasteiger partial charge in [-0.2, -0.15) is 0 Å². The van der Waals surface area contributed by atoms with Crippen molar-refractivity contribution in [1.29, 1.82) is 0 Å². The lowest BCUT2D eigenvalue weighted by Gasteiger charge is -2.13. The molecule has 138 valence electrons. The van der Waals surface area contributed by atoms with Gasteiger partial charge in [-0.15, -0.1) is 16.8 Å². The number of hydrogen-bond donors (Lipinski definition) is 1. The number of carbonyl (C=O) groups is 1. The highest BCUT2D eigenvalue weighted by molar-refractivity contribution is 8.00. The van der Waals surface area contributed by atoms with Crippen molar-refractivity contribution in [1.82, 2.24) is 20.1 Å². The Kier molecular flexibility index (Phi) is 6.21. The van der Waals surface area contributed by atoms with E-state index in [1.807, 2.05) is 25.1 Å². The van der Waals surface area contributed by atoms with Crippen molar-refractivity contribution in [2.24, 2.45) is 0 Å². The zero-order valence-corrected chi connectivity index (χ0v) is 16.1. The monoisotopic (exact) mass is 392 g/mol. The molecule has 1 aliphatic rings. The first-order chi connectivity index (χ1) is 12.6. The number of halogens is 1. The summed E-state index contributed by atoms with van der Waals surface area (Å²) < 4.78 is 7.89. The number of nitrogens with zero attached hydrogens (tertiary/aromatic N) is 3. The maximum atomic E-state index is 12.1. The molecule has 0 bridgehead atoms. The van der Waals surface area contributed by atoms with Crippen molar-refractivity contribution in [3.63, 3.8) is 0 Å².